The molecule has 0 aliphatic heterocycles. The maximum atomic E-state index is 5.96. The fourth-order valence-electron chi connectivity index (χ4n) is 1.97. The van der Waals surface area contributed by atoms with E-state index in [2.05, 4.69) is 36.8 Å². The number of hydrogen-bond donors (Lipinski definition) is 1. The van der Waals surface area contributed by atoms with Crippen LogP contribution in [0.5, 0.6) is 0 Å². The van der Waals surface area contributed by atoms with E-state index in [4.69, 9.17) is 23.2 Å². The van der Waals surface area contributed by atoms with Crippen molar-refractivity contribution in [3.63, 3.8) is 0 Å². The summed E-state index contributed by atoms with van der Waals surface area (Å²) < 4.78 is 2.18. The minimum atomic E-state index is 0.644. The molecular formula is C14H16Cl2N2. The molecule has 18 heavy (non-hydrogen) atoms. The van der Waals surface area contributed by atoms with Gasteiger partial charge in [0, 0.05) is 40.7 Å². The molecule has 0 atom stereocenters. The first-order valence-corrected chi connectivity index (χ1v) is 6.54. The van der Waals surface area contributed by atoms with Crippen LogP contribution in [-0.2, 0) is 13.6 Å². The number of halogens is 2. The highest BCUT2D eigenvalue weighted by Crippen LogP contribution is 2.23. The molecule has 0 saturated heterocycles. The molecule has 0 aliphatic carbocycles. The smallest absolute Gasteiger partial charge is 0.0441 e. The van der Waals surface area contributed by atoms with Crippen LogP contribution in [0.3, 0.4) is 0 Å². The average molecular weight is 283 g/mol. The first kappa shape index (κ1) is 13.3. The second-order valence-electron chi connectivity index (χ2n) is 4.47. The van der Waals surface area contributed by atoms with Crippen LogP contribution in [0, 0.1) is 13.8 Å². The van der Waals surface area contributed by atoms with Crippen LogP contribution in [0.1, 0.15) is 17.0 Å². The molecule has 0 spiro atoms. The minimum Gasteiger partial charge on any atom is -0.381 e. The predicted molar refractivity (Wildman–Crippen MR) is 78.7 cm³/mol. The summed E-state index contributed by atoms with van der Waals surface area (Å²) in [4.78, 5) is 0. The molecule has 0 amide bonds. The molecule has 4 heteroatoms. The van der Waals surface area contributed by atoms with E-state index in [1.54, 1.807) is 6.07 Å². The lowest BCUT2D eigenvalue weighted by molar-refractivity contribution is 0.837. The van der Waals surface area contributed by atoms with Gasteiger partial charge in [-0.3, -0.25) is 0 Å². The Labute approximate surface area is 118 Å². The minimum absolute atomic E-state index is 0.644. The normalized spacial score (nSPS) is 10.7. The summed E-state index contributed by atoms with van der Waals surface area (Å²) >= 11 is 11.9. The van der Waals surface area contributed by atoms with Gasteiger partial charge in [-0.25, -0.2) is 0 Å². The molecule has 2 aromatic rings. The predicted octanol–water partition coefficient (Wildman–Crippen LogP) is 4.56. The van der Waals surface area contributed by atoms with Gasteiger partial charge in [0.2, 0.25) is 0 Å². The summed E-state index contributed by atoms with van der Waals surface area (Å²) in [6, 6.07) is 7.66. The Kier molecular flexibility index (Phi) is 3.88. The third-order valence-electron chi connectivity index (χ3n) is 3.23. The summed E-state index contributed by atoms with van der Waals surface area (Å²) in [5.41, 5.74) is 4.75. The molecule has 1 aromatic carbocycles. The van der Waals surface area contributed by atoms with Gasteiger partial charge in [0.05, 0.1) is 0 Å². The Hall–Kier alpha value is -1.12. The Morgan fingerprint density at radius 3 is 2.17 bits per heavy atom. The Balaban J connectivity index is 2.13. The fraction of sp³-hybridized carbons (Fsp3) is 0.286. The average Bonchev–Trinajstić information content (AvgIpc) is 2.53. The molecule has 0 radical (unpaired) electrons. The highest BCUT2D eigenvalue weighted by molar-refractivity contribution is 6.35. The van der Waals surface area contributed by atoms with Gasteiger partial charge in [0.25, 0.3) is 0 Å². The van der Waals surface area contributed by atoms with Crippen LogP contribution in [0.25, 0.3) is 0 Å². The highest BCUT2D eigenvalue weighted by Gasteiger charge is 2.06. The lowest BCUT2D eigenvalue weighted by Gasteiger charge is -2.08. The van der Waals surface area contributed by atoms with Crippen LogP contribution < -0.4 is 5.32 Å². The summed E-state index contributed by atoms with van der Waals surface area (Å²) in [5, 5.41) is 4.63. The van der Waals surface area contributed by atoms with Crippen molar-refractivity contribution in [1.82, 2.24) is 4.57 Å². The third kappa shape index (κ3) is 2.82. The third-order valence-corrected chi connectivity index (χ3v) is 3.66. The molecule has 0 saturated carbocycles. The topological polar surface area (TPSA) is 17.0 Å². The standard InChI is InChI=1S/C14H16Cl2N2/c1-9-4-11(10(2)18(9)3)8-17-14-6-12(15)5-13(16)7-14/h4-7,17H,8H2,1-3H3. The fourth-order valence-corrected chi connectivity index (χ4v) is 2.49. The molecule has 96 valence electrons. The second kappa shape index (κ2) is 5.25. The van der Waals surface area contributed by atoms with E-state index < -0.39 is 0 Å². The molecule has 2 nitrogen and oxygen atoms in total. The van der Waals surface area contributed by atoms with Crippen molar-refractivity contribution in [2.24, 2.45) is 7.05 Å². The number of anilines is 1. The van der Waals surface area contributed by atoms with E-state index in [-0.39, 0.29) is 0 Å². The number of benzene rings is 1. The van der Waals surface area contributed by atoms with Gasteiger partial charge in [-0.15, -0.1) is 0 Å². The highest BCUT2D eigenvalue weighted by atomic mass is 35.5. The molecule has 1 heterocycles. The zero-order valence-corrected chi connectivity index (χ0v) is 12.2. The number of rotatable bonds is 3. The van der Waals surface area contributed by atoms with E-state index in [1.165, 1.54) is 17.0 Å². The second-order valence-corrected chi connectivity index (χ2v) is 5.34. The zero-order chi connectivity index (χ0) is 13.3. The van der Waals surface area contributed by atoms with Gasteiger partial charge >= 0.3 is 0 Å². The van der Waals surface area contributed by atoms with Gasteiger partial charge < -0.3 is 9.88 Å². The van der Waals surface area contributed by atoms with Crippen molar-refractivity contribution < 1.29 is 0 Å². The van der Waals surface area contributed by atoms with Gasteiger partial charge in [-0.1, -0.05) is 23.2 Å². The van der Waals surface area contributed by atoms with Crippen LogP contribution in [0.2, 0.25) is 10.0 Å². The van der Waals surface area contributed by atoms with E-state index in [1.807, 2.05) is 12.1 Å². The first-order chi connectivity index (χ1) is 8.47. The van der Waals surface area contributed by atoms with Crippen molar-refractivity contribution in [3.05, 3.63) is 51.3 Å². The van der Waals surface area contributed by atoms with Crippen molar-refractivity contribution in [1.29, 1.82) is 0 Å². The largest absolute Gasteiger partial charge is 0.381 e. The molecule has 2 rings (SSSR count). The van der Waals surface area contributed by atoms with E-state index in [9.17, 15) is 0 Å². The van der Waals surface area contributed by atoms with Crippen LogP contribution in [-0.4, -0.2) is 4.57 Å². The van der Waals surface area contributed by atoms with Crippen molar-refractivity contribution >= 4 is 28.9 Å². The van der Waals surface area contributed by atoms with Crippen molar-refractivity contribution in [2.45, 2.75) is 20.4 Å². The number of nitrogens with one attached hydrogen (secondary N) is 1. The Morgan fingerprint density at radius 1 is 1.06 bits per heavy atom. The van der Waals surface area contributed by atoms with Crippen molar-refractivity contribution in [2.75, 3.05) is 5.32 Å². The van der Waals surface area contributed by atoms with Gasteiger partial charge in [0.15, 0.2) is 0 Å². The van der Waals surface area contributed by atoms with Crippen LogP contribution in [0.4, 0.5) is 5.69 Å². The first-order valence-electron chi connectivity index (χ1n) is 5.79. The summed E-state index contributed by atoms with van der Waals surface area (Å²) in [7, 11) is 2.07. The lowest BCUT2D eigenvalue weighted by atomic mass is 10.2. The van der Waals surface area contributed by atoms with Crippen LogP contribution in [0.15, 0.2) is 24.3 Å². The van der Waals surface area contributed by atoms with Gasteiger partial charge in [0.1, 0.15) is 0 Å². The maximum Gasteiger partial charge on any atom is 0.0441 e. The van der Waals surface area contributed by atoms with E-state index >= 15 is 0 Å². The Bertz CT molecular complexity index is 553. The van der Waals surface area contributed by atoms with E-state index in [0.717, 1.165) is 12.2 Å². The van der Waals surface area contributed by atoms with E-state index in [0.29, 0.717) is 10.0 Å². The summed E-state index contributed by atoms with van der Waals surface area (Å²) in [6.45, 7) is 4.99. The number of aromatic nitrogens is 1. The number of hydrogen-bond acceptors (Lipinski definition) is 1. The summed E-state index contributed by atoms with van der Waals surface area (Å²) in [6.07, 6.45) is 0. The SMILES string of the molecule is Cc1cc(CNc2cc(Cl)cc(Cl)c2)c(C)n1C. The zero-order valence-electron chi connectivity index (χ0n) is 10.7. The van der Waals surface area contributed by atoms with Gasteiger partial charge in [-0.05, 0) is 43.7 Å². The Morgan fingerprint density at radius 2 is 1.67 bits per heavy atom. The lowest BCUT2D eigenvalue weighted by Crippen LogP contribution is -2.01. The monoisotopic (exact) mass is 282 g/mol. The van der Waals surface area contributed by atoms with Crippen LogP contribution >= 0.6 is 23.2 Å². The molecule has 0 fully saturated rings. The molecule has 1 aromatic heterocycles. The summed E-state index contributed by atoms with van der Waals surface area (Å²) in [5.74, 6) is 0. The molecule has 0 unspecified atom stereocenters. The molecule has 0 bridgehead atoms. The molecule has 0 aliphatic rings. The van der Waals surface area contributed by atoms with Gasteiger partial charge in [-0.2, -0.15) is 0 Å². The number of aryl methyl sites for hydroxylation is 1. The number of nitrogens with zero attached hydrogens (tertiary/aromatic N) is 1. The quantitative estimate of drug-likeness (QED) is 0.873. The van der Waals surface area contributed by atoms with Crippen molar-refractivity contribution in [3.8, 4) is 0 Å². The molecule has 1 N–H and O–H groups in total. The molecular weight excluding hydrogens is 267 g/mol. The maximum absolute atomic E-state index is 5.96.